The van der Waals surface area contributed by atoms with Crippen LogP contribution in [-0.2, 0) is 4.74 Å². The van der Waals surface area contributed by atoms with Gasteiger partial charge in [0, 0.05) is 31.8 Å². The smallest absolute Gasteiger partial charge is 0.0500 e. The second-order valence-corrected chi connectivity index (χ2v) is 4.83. The third-order valence-corrected chi connectivity index (χ3v) is 2.78. The van der Waals surface area contributed by atoms with Gasteiger partial charge in [-0.2, -0.15) is 0 Å². The van der Waals surface area contributed by atoms with E-state index in [0.717, 1.165) is 25.9 Å². The lowest BCUT2D eigenvalue weighted by molar-refractivity contribution is 0.0462. The molecule has 0 aliphatic rings. The highest BCUT2D eigenvalue weighted by atomic mass is 16.5. The van der Waals surface area contributed by atoms with E-state index in [1.165, 1.54) is 0 Å². The van der Waals surface area contributed by atoms with Crippen LogP contribution in [0.15, 0.2) is 0 Å². The van der Waals surface area contributed by atoms with Crippen LogP contribution in [-0.4, -0.2) is 31.5 Å². The number of aliphatic hydroxyl groups excluding tert-OH is 1. The second kappa shape index (κ2) is 8.08. The first kappa shape index (κ1) is 14.9. The van der Waals surface area contributed by atoms with Gasteiger partial charge in [0.15, 0.2) is 0 Å². The van der Waals surface area contributed by atoms with E-state index in [0.29, 0.717) is 19.1 Å². The van der Waals surface area contributed by atoms with E-state index in [2.05, 4.69) is 20.8 Å². The average Bonchev–Trinajstić information content (AvgIpc) is 2.22. The van der Waals surface area contributed by atoms with Gasteiger partial charge in [-0.25, -0.2) is 0 Å². The van der Waals surface area contributed by atoms with Crippen LogP contribution in [0.3, 0.4) is 0 Å². The summed E-state index contributed by atoms with van der Waals surface area (Å²) in [4.78, 5) is 0. The molecule has 0 heterocycles. The van der Waals surface area contributed by atoms with E-state index < -0.39 is 0 Å². The Morgan fingerprint density at radius 3 is 2.40 bits per heavy atom. The summed E-state index contributed by atoms with van der Waals surface area (Å²) in [6.45, 7) is 8.59. The maximum Gasteiger partial charge on any atom is 0.0500 e. The van der Waals surface area contributed by atoms with E-state index in [1.54, 1.807) is 0 Å². The molecule has 0 saturated heterocycles. The highest BCUT2D eigenvalue weighted by Crippen LogP contribution is 2.26. The number of nitrogens with two attached hydrogens (primary N) is 1. The summed E-state index contributed by atoms with van der Waals surface area (Å²) in [5.41, 5.74) is 5.61. The monoisotopic (exact) mass is 217 g/mol. The molecule has 0 aromatic carbocycles. The Morgan fingerprint density at radius 1 is 1.33 bits per heavy atom. The quantitative estimate of drug-likeness (QED) is 0.579. The molecule has 3 heteroatoms. The number of hydrogen-bond acceptors (Lipinski definition) is 3. The molecule has 1 atom stereocenters. The molecular formula is C12H27NO2. The van der Waals surface area contributed by atoms with Crippen molar-refractivity contribution < 1.29 is 9.84 Å². The molecule has 15 heavy (non-hydrogen) atoms. The van der Waals surface area contributed by atoms with Gasteiger partial charge in [-0.3, -0.25) is 0 Å². The Labute approximate surface area is 94.0 Å². The molecule has 3 N–H and O–H groups in total. The highest BCUT2D eigenvalue weighted by Gasteiger charge is 2.26. The molecule has 0 aliphatic carbocycles. The molecule has 0 saturated carbocycles. The van der Waals surface area contributed by atoms with Gasteiger partial charge in [0.25, 0.3) is 0 Å². The van der Waals surface area contributed by atoms with Crippen LogP contribution in [0.5, 0.6) is 0 Å². The largest absolute Gasteiger partial charge is 0.396 e. The lowest BCUT2D eigenvalue weighted by Gasteiger charge is -2.30. The fourth-order valence-corrected chi connectivity index (χ4v) is 1.69. The molecule has 92 valence electrons. The van der Waals surface area contributed by atoms with E-state index in [-0.39, 0.29) is 12.0 Å². The van der Waals surface area contributed by atoms with Crippen LogP contribution in [0.4, 0.5) is 0 Å². The Morgan fingerprint density at radius 2 is 2.00 bits per heavy atom. The third-order valence-electron chi connectivity index (χ3n) is 2.78. The van der Waals surface area contributed by atoms with Crippen molar-refractivity contribution in [3.63, 3.8) is 0 Å². The molecule has 0 spiro atoms. The Balaban J connectivity index is 3.84. The lowest BCUT2D eigenvalue weighted by Crippen LogP contribution is -2.35. The van der Waals surface area contributed by atoms with Gasteiger partial charge in [0.05, 0.1) is 0 Å². The van der Waals surface area contributed by atoms with Crippen LogP contribution >= 0.6 is 0 Å². The van der Waals surface area contributed by atoms with Crippen LogP contribution in [0.2, 0.25) is 0 Å². The minimum atomic E-state index is -0.119. The van der Waals surface area contributed by atoms with Crippen molar-refractivity contribution in [2.45, 2.75) is 40.0 Å². The molecule has 3 nitrogen and oxygen atoms in total. The number of rotatable bonds is 9. The van der Waals surface area contributed by atoms with Crippen molar-refractivity contribution >= 4 is 0 Å². The van der Waals surface area contributed by atoms with E-state index in [9.17, 15) is 5.11 Å². The molecule has 0 rings (SSSR count). The minimum absolute atomic E-state index is 0.119. The maximum atomic E-state index is 9.38. The summed E-state index contributed by atoms with van der Waals surface area (Å²) in [6, 6.07) is 0. The molecular weight excluding hydrogens is 190 g/mol. The van der Waals surface area contributed by atoms with Gasteiger partial charge < -0.3 is 15.6 Å². The number of aliphatic hydroxyl groups is 1. The normalized spacial score (nSPS) is 15.6. The zero-order chi connectivity index (χ0) is 11.7. The van der Waals surface area contributed by atoms with Crippen LogP contribution in [0.1, 0.15) is 40.0 Å². The highest BCUT2D eigenvalue weighted by molar-refractivity contribution is 4.79. The average molecular weight is 217 g/mol. The fourth-order valence-electron chi connectivity index (χ4n) is 1.69. The summed E-state index contributed by atoms with van der Waals surface area (Å²) in [6.07, 6.45) is 2.90. The lowest BCUT2D eigenvalue weighted by atomic mass is 9.81. The Bertz CT molecular complexity index is 145. The van der Waals surface area contributed by atoms with E-state index in [1.807, 2.05) is 0 Å². The van der Waals surface area contributed by atoms with Crippen molar-refractivity contribution in [3.8, 4) is 0 Å². The molecule has 0 radical (unpaired) electrons. The van der Waals surface area contributed by atoms with Crippen LogP contribution < -0.4 is 5.73 Å². The fraction of sp³-hybridized carbons (Fsp3) is 1.00. The summed E-state index contributed by atoms with van der Waals surface area (Å²) in [5.74, 6) is 0.567. The maximum absolute atomic E-state index is 9.38. The molecule has 0 amide bonds. The van der Waals surface area contributed by atoms with Gasteiger partial charge in [-0.1, -0.05) is 27.2 Å². The van der Waals surface area contributed by atoms with Crippen molar-refractivity contribution in [3.05, 3.63) is 0 Å². The molecule has 0 aliphatic heterocycles. The van der Waals surface area contributed by atoms with Crippen LogP contribution in [0, 0.1) is 11.3 Å². The third kappa shape index (κ3) is 6.13. The number of ether oxygens (including phenoxy) is 1. The Hall–Kier alpha value is -0.120. The van der Waals surface area contributed by atoms with E-state index in [4.69, 9.17) is 10.5 Å². The molecule has 1 unspecified atom stereocenters. The molecule has 0 aromatic heterocycles. The van der Waals surface area contributed by atoms with Crippen molar-refractivity contribution in [1.29, 1.82) is 0 Å². The van der Waals surface area contributed by atoms with Gasteiger partial charge in [0.1, 0.15) is 0 Å². The summed E-state index contributed by atoms with van der Waals surface area (Å²) in [5, 5.41) is 9.38. The predicted octanol–water partition coefficient (Wildman–Crippen LogP) is 1.79. The van der Waals surface area contributed by atoms with Crippen molar-refractivity contribution in [1.82, 2.24) is 0 Å². The SMILES string of the molecule is CCCC(CN)(CO)CCOCC(C)C. The predicted molar refractivity (Wildman–Crippen MR) is 63.8 cm³/mol. The first-order valence-electron chi connectivity index (χ1n) is 5.99. The zero-order valence-corrected chi connectivity index (χ0v) is 10.5. The van der Waals surface area contributed by atoms with Crippen molar-refractivity contribution in [2.24, 2.45) is 17.1 Å². The second-order valence-electron chi connectivity index (χ2n) is 4.83. The van der Waals surface area contributed by atoms with Crippen molar-refractivity contribution in [2.75, 3.05) is 26.4 Å². The van der Waals surface area contributed by atoms with Gasteiger partial charge >= 0.3 is 0 Å². The standard InChI is InChI=1S/C12H27NO2/c1-4-5-12(9-13,10-14)6-7-15-8-11(2)3/h11,14H,4-10,13H2,1-3H3. The summed E-state index contributed by atoms with van der Waals surface area (Å²) >= 11 is 0. The van der Waals surface area contributed by atoms with Gasteiger partial charge in [-0.05, 0) is 18.8 Å². The van der Waals surface area contributed by atoms with E-state index >= 15 is 0 Å². The van der Waals surface area contributed by atoms with Gasteiger partial charge in [-0.15, -0.1) is 0 Å². The molecule has 0 aromatic rings. The summed E-state index contributed by atoms with van der Waals surface area (Å²) < 4.78 is 5.53. The molecule has 0 fully saturated rings. The van der Waals surface area contributed by atoms with Crippen LogP contribution in [0.25, 0.3) is 0 Å². The zero-order valence-electron chi connectivity index (χ0n) is 10.5. The topological polar surface area (TPSA) is 55.5 Å². The first-order valence-corrected chi connectivity index (χ1v) is 5.99. The van der Waals surface area contributed by atoms with Gasteiger partial charge in [0.2, 0.25) is 0 Å². The summed E-state index contributed by atoms with van der Waals surface area (Å²) in [7, 11) is 0. The number of hydrogen-bond donors (Lipinski definition) is 2. The Kier molecular flexibility index (Phi) is 8.02. The first-order chi connectivity index (χ1) is 7.10. The molecule has 0 bridgehead atoms. The minimum Gasteiger partial charge on any atom is -0.396 e.